The highest BCUT2D eigenvalue weighted by Gasteiger charge is 2.18. The molecule has 0 aliphatic heterocycles. The summed E-state index contributed by atoms with van der Waals surface area (Å²) in [4.78, 5) is 29.0. The number of amides is 2. The molecule has 1 heterocycles. The lowest BCUT2D eigenvalue weighted by Gasteiger charge is -2.16. The number of nitrogens with zero attached hydrogens (tertiary/aromatic N) is 1. The number of nitrogens with one attached hydrogen (secondary N) is 2. The van der Waals surface area contributed by atoms with Gasteiger partial charge in [-0.25, -0.2) is 4.39 Å². The first-order valence-electron chi connectivity index (χ1n) is 8.33. The Morgan fingerprint density at radius 3 is 2.56 bits per heavy atom. The number of fused-ring (bicyclic) bond motifs is 1. The molecule has 2 aromatic carbocycles. The molecule has 0 radical (unpaired) electrons. The van der Waals surface area contributed by atoms with Crippen LogP contribution in [0, 0.1) is 12.7 Å². The van der Waals surface area contributed by atoms with Crippen LogP contribution in [-0.2, 0) is 4.79 Å². The van der Waals surface area contributed by atoms with Crippen LogP contribution in [0.5, 0.6) is 5.75 Å². The summed E-state index contributed by atoms with van der Waals surface area (Å²) in [7, 11) is 0. The fraction of sp³-hybridized carbons (Fsp3) is 0.150. The molecule has 6 nitrogen and oxygen atoms in total. The number of carbonyl (C=O) groups excluding carboxylic acids is 2. The van der Waals surface area contributed by atoms with Crippen LogP contribution in [0.4, 0.5) is 4.39 Å². The molecule has 0 fully saturated rings. The number of hydrogen-bond donors (Lipinski definition) is 2. The van der Waals surface area contributed by atoms with Crippen molar-refractivity contribution in [1.29, 1.82) is 0 Å². The molecule has 2 amide bonds. The van der Waals surface area contributed by atoms with E-state index in [9.17, 15) is 14.0 Å². The SMILES string of the molecule is Cc1cc(C(=O)NNC(=O)C(C)Oc2ccccc2F)c2ccccc2n1. The Hall–Kier alpha value is -3.48. The van der Waals surface area contributed by atoms with Crippen LogP contribution in [0.3, 0.4) is 0 Å². The number of para-hydroxylation sites is 2. The standard InChI is InChI=1S/C20H18FN3O3/c1-12-11-15(14-7-3-5-9-17(14)22-12)20(26)24-23-19(25)13(2)27-18-10-6-4-8-16(18)21/h3-11,13H,1-2H3,(H,23,25)(H,24,26). The minimum atomic E-state index is -1.00. The average Bonchev–Trinajstić information content (AvgIpc) is 2.66. The van der Waals surface area contributed by atoms with Crippen molar-refractivity contribution in [1.82, 2.24) is 15.8 Å². The molecule has 138 valence electrons. The summed E-state index contributed by atoms with van der Waals surface area (Å²) in [5.74, 6) is -1.70. The molecular formula is C20H18FN3O3. The van der Waals surface area contributed by atoms with Gasteiger partial charge in [-0.2, -0.15) is 0 Å². The highest BCUT2D eigenvalue weighted by Crippen LogP contribution is 2.18. The van der Waals surface area contributed by atoms with Gasteiger partial charge in [-0.3, -0.25) is 25.4 Å². The number of rotatable bonds is 4. The number of hydrogen-bond acceptors (Lipinski definition) is 4. The van der Waals surface area contributed by atoms with Gasteiger partial charge >= 0.3 is 0 Å². The van der Waals surface area contributed by atoms with E-state index in [-0.39, 0.29) is 5.75 Å². The third-order valence-corrected chi connectivity index (χ3v) is 3.90. The fourth-order valence-electron chi connectivity index (χ4n) is 2.57. The molecule has 0 saturated carbocycles. The second-order valence-electron chi connectivity index (χ2n) is 5.96. The zero-order valence-electron chi connectivity index (χ0n) is 14.8. The zero-order chi connectivity index (χ0) is 19.4. The summed E-state index contributed by atoms with van der Waals surface area (Å²) in [5.41, 5.74) is 6.41. The quantitative estimate of drug-likeness (QED) is 0.695. The van der Waals surface area contributed by atoms with E-state index >= 15 is 0 Å². The molecule has 0 saturated heterocycles. The van der Waals surface area contributed by atoms with Crippen molar-refractivity contribution in [3.8, 4) is 5.75 Å². The summed E-state index contributed by atoms with van der Waals surface area (Å²) < 4.78 is 18.9. The van der Waals surface area contributed by atoms with Crippen LogP contribution in [0.2, 0.25) is 0 Å². The van der Waals surface area contributed by atoms with Crippen molar-refractivity contribution in [2.45, 2.75) is 20.0 Å². The van der Waals surface area contributed by atoms with Crippen molar-refractivity contribution < 1.29 is 18.7 Å². The molecule has 0 bridgehead atoms. The van der Waals surface area contributed by atoms with Gasteiger partial charge in [0.25, 0.3) is 11.8 Å². The lowest BCUT2D eigenvalue weighted by molar-refractivity contribution is -0.128. The van der Waals surface area contributed by atoms with Crippen molar-refractivity contribution in [2.24, 2.45) is 0 Å². The highest BCUT2D eigenvalue weighted by atomic mass is 19.1. The Balaban J connectivity index is 1.67. The maximum atomic E-state index is 13.6. The Morgan fingerprint density at radius 1 is 1.07 bits per heavy atom. The van der Waals surface area contributed by atoms with Crippen molar-refractivity contribution in [2.75, 3.05) is 0 Å². The predicted octanol–water partition coefficient (Wildman–Crippen LogP) is 2.91. The second-order valence-corrected chi connectivity index (χ2v) is 5.96. The van der Waals surface area contributed by atoms with Crippen LogP contribution in [-0.4, -0.2) is 22.9 Å². The lowest BCUT2D eigenvalue weighted by Crippen LogP contribution is -2.47. The smallest absolute Gasteiger partial charge is 0.279 e. The number of aryl methyl sites for hydroxylation is 1. The molecule has 1 atom stereocenters. The van der Waals surface area contributed by atoms with E-state index in [2.05, 4.69) is 15.8 Å². The van der Waals surface area contributed by atoms with Crippen molar-refractivity contribution in [3.63, 3.8) is 0 Å². The molecule has 0 aliphatic rings. The molecule has 3 rings (SSSR count). The zero-order valence-corrected chi connectivity index (χ0v) is 14.8. The van der Waals surface area contributed by atoms with Gasteiger partial charge in [0.1, 0.15) is 0 Å². The van der Waals surface area contributed by atoms with Gasteiger partial charge in [0, 0.05) is 11.1 Å². The van der Waals surface area contributed by atoms with E-state index in [4.69, 9.17) is 4.74 Å². The third-order valence-electron chi connectivity index (χ3n) is 3.90. The van der Waals surface area contributed by atoms with Gasteiger partial charge in [0.2, 0.25) is 0 Å². The minimum Gasteiger partial charge on any atom is -0.478 e. The Kier molecular flexibility index (Phi) is 5.30. The van der Waals surface area contributed by atoms with E-state index in [1.165, 1.54) is 25.1 Å². The maximum absolute atomic E-state index is 13.6. The first kappa shape index (κ1) is 18.3. The lowest BCUT2D eigenvalue weighted by atomic mass is 10.1. The molecule has 1 unspecified atom stereocenters. The van der Waals surface area contributed by atoms with Gasteiger partial charge in [-0.05, 0) is 38.1 Å². The van der Waals surface area contributed by atoms with Crippen LogP contribution >= 0.6 is 0 Å². The third kappa shape index (κ3) is 4.20. The number of carbonyl (C=O) groups is 2. The number of halogens is 1. The van der Waals surface area contributed by atoms with Gasteiger partial charge in [0.15, 0.2) is 17.7 Å². The summed E-state index contributed by atoms with van der Waals surface area (Å²) in [6.45, 7) is 3.24. The molecule has 1 aromatic heterocycles. The highest BCUT2D eigenvalue weighted by molar-refractivity contribution is 6.06. The van der Waals surface area contributed by atoms with Crippen LogP contribution in [0.1, 0.15) is 23.0 Å². The maximum Gasteiger partial charge on any atom is 0.279 e. The average molecular weight is 367 g/mol. The van der Waals surface area contributed by atoms with Gasteiger partial charge in [-0.1, -0.05) is 30.3 Å². The Labute approximate surface area is 155 Å². The van der Waals surface area contributed by atoms with E-state index in [1.807, 2.05) is 12.1 Å². The fourth-order valence-corrected chi connectivity index (χ4v) is 2.57. The largest absolute Gasteiger partial charge is 0.478 e. The van der Waals surface area contributed by atoms with E-state index in [1.54, 1.807) is 31.2 Å². The Bertz CT molecular complexity index is 1010. The topological polar surface area (TPSA) is 80.3 Å². The molecule has 2 N–H and O–H groups in total. The summed E-state index contributed by atoms with van der Waals surface area (Å²) in [6.07, 6.45) is -1.00. The predicted molar refractivity (Wildman–Crippen MR) is 98.6 cm³/mol. The van der Waals surface area contributed by atoms with Gasteiger partial charge in [-0.15, -0.1) is 0 Å². The van der Waals surface area contributed by atoms with Crippen molar-refractivity contribution >= 4 is 22.7 Å². The molecule has 0 spiro atoms. The summed E-state index contributed by atoms with van der Waals surface area (Å²) in [6, 6.07) is 14.6. The first-order valence-corrected chi connectivity index (χ1v) is 8.33. The normalized spacial score (nSPS) is 11.7. The Morgan fingerprint density at radius 2 is 1.78 bits per heavy atom. The minimum absolute atomic E-state index is 0.0396. The number of hydrazine groups is 1. The van der Waals surface area contributed by atoms with E-state index in [0.29, 0.717) is 22.2 Å². The first-order chi connectivity index (χ1) is 13.0. The van der Waals surface area contributed by atoms with Crippen LogP contribution in [0.25, 0.3) is 10.9 Å². The molecule has 7 heteroatoms. The monoisotopic (exact) mass is 367 g/mol. The summed E-state index contributed by atoms with van der Waals surface area (Å²) in [5, 5.41) is 0.672. The van der Waals surface area contributed by atoms with Crippen LogP contribution < -0.4 is 15.6 Å². The summed E-state index contributed by atoms with van der Waals surface area (Å²) >= 11 is 0. The number of aromatic nitrogens is 1. The molecular weight excluding hydrogens is 349 g/mol. The molecule has 27 heavy (non-hydrogen) atoms. The number of pyridine rings is 1. The van der Waals surface area contributed by atoms with E-state index in [0.717, 1.165) is 0 Å². The molecule has 3 aromatic rings. The van der Waals surface area contributed by atoms with Gasteiger partial charge in [0.05, 0.1) is 11.1 Å². The number of benzene rings is 2. The van der Waals surface area contributed by atoms with Gasteiger partial charge < -0.3 is 4.74 Å². The second kappa shape index (κ2) is 7.82. The van der Waals surface area contributed by atoms with E-state index < -0.39 is 23.7 Å². The molecule has 0 aliphatic carbocycles. The van der Waals surface area contributed by atoms with Crippen LogP contribution in [0.15, 0.2) is 54.6 Å². The van der Waals surface area contributed by atoms with Crippen molar-refractivity contribution in [3.05, 3.63) is 71.7 Å². The number of ether oxygens (including phenoxy) is 1.